The lowest BCUT2D eigenvalue weighted by Crippen LogP contribution is -1.98. The fourth-order valence-corrected chi connectivity index (χ4v) is 1.28. The van der Waals surface area contributed by atoms with Crippen LogP contribution in [0.15, 0.2) is 24.3 Å². The van der Waals surface area contributed by atoms with Crippen LogP contribution >= 0.6 is 0 Å². The van der Waals surface area contributed by atoms with Crippen LogP contribution in [-0.4, -0.2) is 24.4 Å². The van der Waals surface area contributed by atoms with Crippen molar-refractivity contribution in [3.05, 3.63) is 24.3 Å². The van der Waals surface area contributed by atoms with Gasteiger partial charge in [0.25, 0.3) is 0 Å². The lowest BCUT2D eigenvalue weighted by molar-refractivity contribution is 0.293. The minimum Gasteiger partial charge on any atom is -0.508 e. The maximum absolute atomic E-state index is 9.04. The SMILES string of the molecule is Oc1ccc(OCCCC2CO2)cc1. The molecule has 1 aromatic carbocycles. The Labute approximate surface area is 83.3 Å². The Kier molecular flexibility index (Phi) is 2.89. The lowest BCUT2D eigenvalue weighted by Gasteiger charge is -2.04. The first-order chi connectivity index (χ1) is 6.84. The molecule has 14 heavy (non-hydrogen) atoms. The van der Waals surface area contributed by atoms with Gasteiger partial charge in [0, 0.05) is 0 Å². The van der Waals surface area contributed by atoms with Gasteiger partial charge in [0.05, 0.1) is 19.3 Å². The molecule has 0 bridgehead atoms. The Bertz CT molecular complexity index is 277. The Morgan fingerprint density at radius 1 is 1.36 bits per heavy atom. The van der Waals surface area contributed by atoms with Crippen molar-refractivity contribution in [2.45, 2.75) is 18.9 Å². The van der Waals surface area contributed by atoms with Crippen molar-refractivity contribution >= 4 is 0 Å². The second-order valence-corrected chi connectivity index (χ2v) is 3.44. The summed E-state index contributed by atoms with van der Waals surface area (Å²) < 4.78 is 10.6. The van der Waals surface area contributed by atoms with Crippen LogP contribution in [0.25, 0.3) is 0 Å². The van der Waals surface area contributed by atoms with Crippen LogP contribution in [0.4, 0.5) is 0 Å². The number of phenols is 1. The Morgan fingerprint density at radius 2 is 2.07 bits per heavy atom. The summed E-state index contributed by atoms with van der Waals surface area (Å²) in [6.45, 7) is 1.63. The van der Waals surface area contributed by atoms with Gasteiger partial charge in [-0.1, -0.05) is 0 Å². The first kappa shape index (κ1) is 9.34. The van der Waals surface area contributed by atoms with E-state index in [2.05, 4.69) is 0 Å². The van der Waals surface area contributed by atoms with Crippen molar-refractivity contribution in [1.29, 1.82) is 0 Å². The highest BCUT2D eigenvalue weighted by atomic mass is 16.6. The van der Waals surface area contributed by atoms with Gasteiger partial charge in [-0.25, -0.2) is 0 Å². The molecule has 0 radical (unpaired) electrons. The van der Waals surface area contributed by atoms with Crippen LogP contribution in [0.5, 0.6) is 11.5 Å². The minimum atomic E-state index is 0.267. The zero-order valence-electron chi connectivity index (χ0n) is 7.98. The highest BCUT2D eigenvalue weighted by molar-refractivity contribution is 5.29. The molecule has 2 rings (SSSR count). The van der Waals surface area contributed by atoms with Crippen LogP contribution in [0.3, 0.4) is 0 Å². The maximum Gasteiger partial charge on any atom is 0.119 e. The summed E-state index contributed by atoms with van der Waals surface area (Å²) in [5.74, 6) is 1.07. The Balaban J connectivity index is 1.66. The topological polar surface area (TPSA) is 42.0 Å². The van der Waals surface area contributed by atoms with Gasteiger partial charge < -0.3 is 14.6 Å². The molecular weight excluding hydrogens is 180 g/mol. The van der Waals surface area contributed by atoms with Crippen molar-refractivity contribution in [1.82, 2.24) is 0 Å². The van der Waals surface area contributed by atoms with Gasteiger partial charge in [-0.3, -0.25) is 0 Å². The van der Waals surface area contributed by atoms with E-state index in [0.717, 1.165) is 25.2 Å². The van der Waals surface area contributed by atoms with Crippen LogP contribution in [0, 0.1) is 0 Å². The molecule has 0 amide bonds. The fourth-order valence-electron chi connectivity index (χ4n) is 1.28. The highest BCUT2D eigenvalue weighted by Gasteiger charge is 2.21. The molecule has 1 heterocycles. The number of aromatic hydroxyl groups is 1. The number of rotatable bonds is 5. The van der Waals surface area contributed by atoms with E-state index in [1.54, 1.807) is 24.3 Å². The van der Waals surface area contributed by atoms with Crippen LogP contribution < -0.4 is 4.74 Å². The number of hydrogen-bond acceptors (Lipinski definition) is 3. The predicted molar refractivity (Wildman–Crippen MR) is 52.6 cm³/mol. The number of epoxide rings is 1. The summed E-state index contributed by atoms with van der Waals surface area (Å²) in [4.78, 5) is 0. The molecule has 1 aliphatic rings. The second kappa shape index (κ2) is 4.33. The fraction of sp³-hybridized carbons (Fsp3) is 0.455. The third-order valence-electron chi connectivity index (χ3n) is 2.18. The molecule has 1 N–H and O–H groups in total. The van der Waals surface area contributed by atoms with Crippen LogP contribution in [-0.2, 0) is 4.74 Å². The van der Waals surface area contributed by atoms with E-state index in [1.165, 1.54) is 0 Å². The molecular formula is C11H14O3. The largest absolute Gasteiger partial charge is 0.508 e. The minimum absolute atomic E-state index is 0.267. The molecule has 0 spiro atoms. The van der Waals surface area contributed by atoms with Crippen molar-refractivity contribution < 1.29 is 14.6 Å². The standard InChI is InChI=1S/C11H14O3/c12-9-3-5-10(6-4-9)13-7-1-2-11-8-14-11/h3-6,11-12H,1-2,7-8H2. The summed E-state index contributed by atoms with van der Waals surface area (Å²) in [5, 5.41) is 9.04. The van der Waals surface area contributed by atoms with E-state index in [4.69, 9.17) is 14.6 Å². The molecule has 1 saturated heterocycles. The first-order valence-electron chi connectivity index (χ1n) is 4.88. The zero-order valence-corrected chi connectivity index (χ0v) is 7.98. The van der Waals surface area contributed by atoms with Crippen molar-refractivity contribution in [3.8, 4) is 11.5 Å². The first-order valence-corrected chi connectivity index (χ1v) is 4.88. The van der Waals surface area contributed by atoms with Crippen molar-refractivity contribution in [3.63, 3.8) is 0 Å². The van der Waals surface area contributed by atoms with Crippen LogP contribution in [0.2, 0.25) is 0 Å². The van der Waals surface area contributed by atoms with Crippen molar-refractivity contribution in [2.24, 2.45) is 0 Å². The second-order valence-electron chi connectivity index (χ2n) is 3.44. The number of benzene rings is 1. The van der Waals surface area contributed by atoms with Gasteiger partial charge in [0.1, 0.15) is 11.5 Å². The average Bonchev–Trinajstić information content (AvgIpc) is 2.99. The van der Waals surface area contributed by atoms with E-state index >= 15 is 0 Å². The summed E-state index contributed by atoms with van der Waals surface area (Å²) in [5.41, 5.74) is 0. The molecule has 1 fully saturated rings. The summed E-state index contributed by atoms with van der Waals surface area (Å²) in [6, 6.07) is 6.78. The summed E-state index contributed by atoms with van der Waals surface area (Å²) >= 11 is 0. The number of phenolic OH excluding ortho intramolecular Hbond substituents is 1. The molecule has 0 aliphatic carbocycles. The molecule has 1 aliphatic heterocycles. The smallest absolute Gasteiger partial charge is 0.119 e. The normalized spacial score (nSPS) is 19.3. The molecule has 0 aromatic heterocycles. The number of ether oxygens (including phenoxy) is 2. The summed E-state index contributed by atoms with van der Waals surface area (Å²) in [7, 11) is 0. The van der Waals surface area contributed by atoms with E-state index in [-0.39, 0.29) is 5.75 Å². The van der Waals surface area contributed by atoms with Crippen LogP contribution in [0.1, 0.15) is 12.8 Å². The molecule has 1 aromatic rings. The predicted octanol–water partition coefficient (Wildman–Crippen LogP) is 1.95. The third kappa shape index (κ3) is 2.92. The van der Waals surface area contributed by atoms with Gasteiger partial charge in [-0.2, -0.15) is 0 Å². The molecule has 3 nitrogen and oxygen atoms in total. The van der Waals surface area contributed by atoms with Gasteiger partial charge in [-0.15, -0.1) is 0 Å². The van der Waals surface area contributed by atoms with E-state index < -0.39 is 0 Å². The Hall–Kier alpha value is -1.22. The third-order valence-corrected chi connectivity index (χ3v) is 2.18. The average molecular weight is 194 g/mol. The molecule has 3 heteroatoms. The lowest BCUT2D eigenvalue weighted by atomic mass is 10.2. The molecule has 76 valence electrons. The molecule has 0 saturated carbocycles. The van der Waals surface area contributed by atoms with Gasteiger partial charge in [-0.05, 0) is 37.1 Å². The van der Waals surface area contributed by atoms with Gasteiger partial charge in [0.2, 0.25) is 0 Å². The number of hydrogen-bond donors (Lipinski definition) is 1. The highest BCUT2D eigenvalue weighted by Crippen LogP contribution is 2.18. The quantitative estimate of drug-likeness (QED) is 0.575. The maximum atomic E-state index is 9.04. The van der Waals surface area contributed by atoms with Gasteiger partial charge in [0.15, 0.2) is 0 Å². The van der Waals surface area contributed by atoms with E-state index in [0.29, 0.717) is 12.7 Å². The monoisotopic (exact) mass is 194 g/mol. The van der Waals surface area contributed by atoms with E-state index in [1.807, 2.05) is 0 Å². The molecule has 1 atom stereocenters. The van der Waals surface area contributed by atoms with E-state index in [9.17, 15) is 0 Å². The van der Waals surface area contributed by atoms with Gasteiger partial charge >= 0.3 is 0 Å². The summed E-state index contributed by atoms with van der Waals surface area (Å²) in [6.07, 6.45) is 2.59. The molecule has 1 unspecified atom stereocenters. The van der Waals surface area contributed by atoms with Crippen molar-refractivity contribution in [2.75, 3.05) is 13.2 Å². The zero-order chi connectivity index (χ0) is 9.80. The Morgan fingerprint density at radius 3 is 2.71 bits per heavy atom.